The lowest BCUT2D eigenvalue weighted by Gasteiger charge is -2.31. The molecule has 0 aromatic heterocycles. The van der Waals surface area contributed by atoms with Crippen molar-refractivity contribution in [2.45, 2.75) is 58.3 Å². The van der Waals surface area contributed by atoms with Crippen molar-refractivity contribution in [2.24, 2.45) is 0 Å². The third kappa shape index (κ3) is 5.16. The molecule has 0 saturated carbocycles. The van der Waals surface area contributed by atoms with Gasteiger partial charge in [0.2, 0.25) is 0 Å². The SMILES string of the molecule is Cc1cc(CC(C)(C)c2cc(Cl)ccc2O)c(O)c(C(C)(C)Cc2cc(Cl)ccc2O)c1. The van der Waals surface area contributed by atoms with Crippen LogP contribution in [0.5, 0.6) is 17.2 Å². The van der Waals surface area contributed by atoms with Gasteiger partial charge in [-0.2, -0.15) is 0 Å². The van der Waals surface area contributed by atoms with Gasteiger partial charge in [-0.25, -0.2) is 0 Å². The lowest BCUT2D eigenvalue weighted by Crippen LogP contribution is -2.24. The molecule has 0 radical (unpaired) electrons. The van der Waals surface area contributed by atoms with E-state index in [4.69, 9.17) is 23.2 Å². The Balaban J connectivity index is 2.01. The summed E-state index contributed by atoms with van der Waals surface area (Å²) in [6.07, 6.45) is 1.02. The number of aromatic hydroxyl groups is 3. The highest BCUT2D eigenvalue weighted by atomic mass is 35.5. The largest absolute Gasteiger partial charge is 0.508 e. The Bertz CT molecular complexity index is 1150. The average Bonchev–Trinajstić information content (AvgIpc) is 2.68. The quantitative estimate of drug-likeness (QED) is 0.348. The topological polar surface area (TPSA) is 60.7 Å². The van der Waals surface area contributed by atoms with Crippen molar-refractivity contribution in [1.82, 2.24) is 0 Å². The third-order valence-electron chi connectivity index (χ3n) is 6.06. The van der Waals surface area contributed by atoms with E-state index in [1.807, 2.05) is 46.8 Å². The predicted octanol–water partition coefficient (Wildman–Crippen LogP) is 7.46. The zero-order valence-corrected chi connectivity index (χ0v) is 20.6. The van der Waals surface area contributed by atoms with Gasteiger partial charge < -0.3 is 15.3 Å². The molecule has 0 aliphatic carbocycles. The standard InChI is InChI=1S/C27H30Cl2O3/c1-16-10-18(15-26(2,3)21-13-20(29)7-9-24(21)31)25(32)22(11-16)27(4,5)14-17-12-19(28)6-8-23(17)30/h6-13,30-32H,14-15H2,1-5H3. The molecule has 0 saturated heterocycles. The maximum absolute atomic E-state index is 11.3. The van der Waals surface area contributed by atoms with E-state index >= 15 is 0 Å². The molecule has 0 amide bonds. The van der Waals surface area contributed by atoms with Crippen molar-refractivity contribution >= 4 is 23.2 Å². The van der Waals surface area contributed by atoms with E-state index in [0.717, 1.165) is 27.8 Å². The highest BCUT2D eigenvalue weighted by Crippen LogP contribution is 2.42. The molecule has 3 aromatic carbocycles. The smallest absolute Gasteiger partial charge is 0.122 e. The van der Waals surface area contributed by atoms with Crippen LogP contribution in [0, 0.1) is 6.92 Å². The molecule has 0 spiro atoms. The maximum Gasteiger partial charge on any atom is 0.122 e. The number of hydrogen-bond donors (Lipinski definition) is 3. The summed E-state index contributed by atoms with van der Waals surface area (Å²) in [6.45, 7) is 10.1. The van der Waals surface area contributed by atoms with Gasteiger partial charge in [-0.05, 0) is 78.1 Å². The molecule has 0 heterocycles. The van der Waals surface area contributed by atoms with E-state index in [9.17, 15) is 15.3 Å². The Morgan fingerprint density at radius 1 is 0.656 bits per heavy atom. The summed E-state index contributed by atoms with van der Waals surface area (Å²) < 4.78 is 0. The Kier molecular flexibility index (Phi) is 6.74. The molecular weight excluding hydrogens is 443 g/mol. The normalized spacial score (nSPS) is 12.2. The molecule has 0 bridgehead atoms. The van der Waals surface area contributed by atoms with Gasteiger partial charge in [0.25, 0.3) is 0 Å². The second-order valence-corrected chi connectivity index (χ2v) is 10.7. The van der Waals surface area contributed by atoms with Crippen LogP contribution >= 0.6 is 23.2 Å². The molecule has 0 fully saturated rings. The van der Waals surface area contributed by atoms with Crippen LogP contribution in [0.3, 0.4) is 0 Å². The van der Waals surface area contributed by atoms with Crippen molar-refractivity contribution in [2.75, 3.05) is 0 Å². The first-order valence-corrected chi connectivity index (χ1v) is 11.3. The molecule has 32 heavy (non-hydrogen) atoms. The third-order valence-corrected chi connectivity index (χ3v) is 6.53. The van der Waals surface area contributed by atoms with Crippen LogP contribution in [0.25, 0.3) is 0 Å². The van der Waals surface area contributed by atoms with Crippen molar-refractivity contribution in [3.8, 4) is 17.2 Å². The van der Waals surface area contributed by atoms with E-state index in [-0.39, 0.29) is 17.2 Å². The fourth-order valence-corrected chi connectivity index (χ4v) is 4.76. The molecule has 3 N–H and O–H groups in total. The molecule has 0 aliphatic heterocycles. The first-order valence-electron chi connectivity index (χ1n) is 10.6. The van der Waals surface area contributed by atoms with Crippen molar-refractivity contribution in [3.05, 3.63) is 86.4 Å². The van der Waals surface area contributed by atoms with Gasteiger partial charge in [-0.15, -0.1) is 0 Å². The minimum absolute atomic E-state index is 0.184. The van der Waals surface area contributed by atoms with Gasteiger partial charge in [0.05, 0.1) is 0 Å². The molecule has 3 rings (SSSR count). The summed E-state index contributed by atoms with van der Waals surface area (Å²) >= 11 is 12.3. The first-order chi connectivity index (χ1) is 14.8. The average molecular weight is 473 g/mol. The van der Waals surface area contributed by atoms with Gasteiger partial charge in [0, 0.05) is 21.2 Å². The van der Waals surface area contributed by atoms with Gasteiger partial charge in [0.1, 0.15) is 17.2 Å². The summed E-state index contributed by atoms with van der Waals surface area (Å²) in [4.78, 5) is 0. The number of hydrogen-bond acceptors (Lipinski definition) is 3. The van der Waals surface area contributed by atoms with Crippen LogP contribution in [-0.2, 0) is 23.7 Å². The lowest BCUT2D eigenvalue weighted by atomic mass is 9.74. The fourth-order valence-electron chi connectivity index (χ4n) is 4.39. The number of phenolic OH excluding ortho intramolecular Hbond substituents is 3. The summed E-state index contributed by atoms with van der Waals surface area (Å²) in [5.74, 6) is 0.604. The highest BCUT2D eigenvalue weighted by Gasteiger charge is 2.31. The molecule has 5 heteroatoms. The molecule has 3 aromatic rings. The predicted molar refractivity (Wildman–Crippen MR) is 133 cm³/mol. The Morgan fingerprint density at radius 2 is 1.19 bits per heavy atom. The Hall–Kier alpha value is -2.36. The summed E-state index contributed by atoms with van der Waals surface area (Å²) in [5, 5.41) is 33.1. The summed E-state index contributed by atoms with van der Waals surface area (Å²) in [6, 6.07) is 14.0. The van der Waals surface area contributed by atoms with Crippen molar-refractivity contribution < 1.29 is 15.3 Å². The highest BCUT2D eigenvalue weighted by molar-refractivity contribution is 6.31. The Morgan fingerprint density at radius 3 is 1.84 bits per heavy atom. The number of aryl methyl sites for hydroxylation is 1. The second-order valence-electron chi connectivity index (χ2n) is 9.88. The number of halogens is 2. The van der Waals surface area contributed by atoms with E-state index in [1.165, 1.54) is 0 Å². The summed E-state index contributed by atoms with van der Waals surface area (Å²) in [7, 11) is 0. The van der Waals surface area contributed by atoms with Crippen molar-refractivity contribution in [1.29, 1.82) is 0 Å². The van der Waals surface area contributed by atoms with E-state index in [0.29, 0.717) is 22.9 Å². The van der Waals surface area contributed by atoms with E-state index < -0.39 is 10.8 Å². The first kappa shape index (κ1) is 24.3. The minimum Gasteiger partial charge on any atom is -0.508 e. The van der Waals surface area contributed by atoms with Crippen LogP contribution in [-0.4, -0.2) is 15.3 Å². The number of benzene rings is 3. The van der Waals surface area contributed by atoms with Crippen LogP contribution < -0.4 is 0 Å². The van der Waals surface area contributed by atoms with E-state index in [2.05, 4.69) is 0 Å². The maximum atomic E-state index is 11.3. The molecular formula is C27H30Cl2O3. The zero-order chi connectivity index (χ0) is 23.8. The minimum atomic E-state index is -0.465. The van der Waals surface area contributed by atoms with Crippen LogP contribution in [0.15, 0.2) is 48.5 Å². The van der Waals surface area contributed by atoms with Gasteiger partial charge in [-0.1, -0.05) is 68.6 Å². The zero-order valence-electron chi connectivity index (χ0n) is 19.1. The van der Waals surface area contributed by atoms with Crippen LogP contribution in [0.2, 0.25) is 10.0 Å². The van der Waals surface area contributed by atoms with Crippen LogP contribution in [0.1, 0.15) is 55.5 Å². The Labute approximate surface area is 200 Å². The number of rotatable bonds is 6. The molecule has 0 aliphatic rings. The fraction of sp³-hybridized carbons (Fsp3) is 0.333. The van der Waals surface area contributed by atoms with Gasteiger partial charge in [-0.3, -0.25) is 0 Å². The van der Waals surface area contributed by atoms with Gasteiger partial charge >= 0.3 is 0 Å². The molecule has 170 valence electrons. The summed E-state index contributed by atoms with van der Waals surface area (Å²) in [5.41, 5.74) is 3.17. The molecule has 0 unspecified atom stereocenters. The lowest BCUT2D eigenvalue weighted by molar-refractivity contribution is 0.405. The molecule has 3 nitrogen and oxygen atoms in total. The molecule has 0 atom stereocenters. The number of phenols is 3. The van der Waals surface area contributed by atoms with Crippen molar-refractivity contribution in [3.63, 3.8) is 0 Å². The van der Waals surface area contributed by atoms with Crippen LogP contribution in [0.4, 0.5) is 0 Å². The second kappa shape index (κ2) is 8.88. The van der Waals surface area contributed by atoms with E-state index in [1.54, 1.807) is 36.4 Å². The monoisotopic (exact) mass is 472 g/mol. The van der Waals surface area contributed by atoms with Gasteiger partial charge in [0.15, 0.2) is 0 Å².